The van der Waals surface area contributed by atoms with Crippen molar-refractivity contribution in [2.45, 2.75) is 115 Å². The molecule has 5 rings (SSSR count). The van der Waals surface area contributed by atoms with Crippen molar-refractivity contribution >= 4 is 0 Å². The summed E-state index contributed by atoms with van der Waals surface area (Å²) in [6.45, 7) is 4.57. The Morgan fingerprint density at radius 1 is 0.848 bits per heavy atom. The Morgan fingerprint density at radius 3 is 2.30 bits per heavy atom. The van der Waals surface area contributed by atoms with Crippen molar-refractivity contribution in [3.8, 4) is 0 Å². The van der Waals surface area contributed by atoms with Crippen molar-refractivity contribution in [1.29, 1.82) is 0 Å². The molecule has 0 aromatic rings. The Labute approximate surface area is 197 Å². The van der Waals surface area contributed by atoms with Gasteiger partial charge in [-0.25, -0.2) is 0 Å². The first-order valence-electron chi connectivity index (χ1n) is 13.2. The topological polar surface area (TPSA) is 109 Å². The molecule has 0 unspecified atom stereocenters. The van der Waals surface area contributed by atoms with Gasteiger partial charge in [0.25, 0.3) is 0 Å². The minimum absolute atomic E-state index is 0.0423. The number of ether oxygens (including phenoxy) is 3. The molecule has 7 nitrogen and oxygen atoms in total. The monoisotopic (exact) mass is 468 g/mol. The summed E-state index contributed by atoms with van der Waals surface area (Å²) in [5, 5.41) is 40.0. The summed E-state index contributed by atoms with van der Waals surface area (Å²) in [5.41, 5.74) is 0.660. The number of hydrogen-bond acceptors (Lipinski definition) is 7. The van der Waals surface area contributed by atoms with Crippen LogP contribution in [0.1, 0.15) is 71.6 Å². The molecule has 4 N–H and O–H groups in total. The molecule has 5 aliphatic rings. The Bertz CT molecular complexity index is 702. The van der Waals surface area contributed by atoms with Gasteiger partial charge >= 0.3 is 0 Å². The number of fused-ring (bicyclic) bond motifs is 5. The van der Waals surface area contributed by atoms with E-state index in [0.717, 1.165) is 37.0 Å². The van der Waals surface area contributed by atoms with Crippen molar-refractivity contribution < 1.29 is 34.6 Å². The summed E-state index contributed by atoms with van der Waals surface area (Å²) in [6.07, 6.45) is 4.92. The third-order valence-corrected chi connectivity index (χ3v) is 11.0. The molecule has 0 bridgehead atoms. The lowest BCUT2D eigenvalue weighted by Crippen LogP contribution is -2.60. The maximum atomic E-state index is 10.4. The second-order valence-corrected chi connectivity index (χ2v) is 12.2. The lowest BCUT2D eigenvalue weighted by molar-refractivity contribution is -0.316. The average Bonchev–Trinajstić information content (AvgIpc) is 3.16. The molecule has 7 heteroatoms. The fourth-order valence-corrected chi connectivity index (χ4v) is 9.05. The highest BCUT2D eigenvalue weighted by atomic mass is 16.7. The third-order valence-electron chi connectivity index (χ3n) is 11.0. The van der Waals surface area contributed by atoms with Gasteiger partial charge in [0.1, 0.15) is 24.4 Å². The van der Waals surface area contributed by atoms with E-state index in [2.05, 4.69) is 13.8 Å². The van der Waals surface area contributed by atoms with E-state index in [4.69, 9.17) is 14.2 Å². The van der Waals surface area contributed by atoms with Crippen LogP contribution in [0.2, 0.25) is 0 Å². The smallest absolute Gasteiger partial charge is 0.186 e. The minimum Gasteiger partial charge on any atom is -0.394 e. The standard InChI is InChI=1S/C26H44O7/c1-25-10-8-15(32-24-23(30)22(29)21(28)19(13-27)33-24)12-14(25)4-5-16-17-6-7-20(31-3)26(17,2)11-9-18(16)25/h14-24,27-30H,4-13H2,1-3H3/t14-,15-,16+,17+,18+,19-,20+,21-,22+,23-,24+,25+,26+/m1/s1. The molecule has 13 atom stereocenters. The van der Waals surface area contributed by atoms with Gasteiger partial charge in [0.05, 0.1) is 18.8 Å². The van der Waals surface area contributed by atoms with E-state index in [1.807, 2.05) is 7.11 Å². The van der Waals surface area contributed by atoms with Gasteiger partial charge in [0.2, 0.25) is 0 Å². The van der Waals surface area contributed by atoms with Crippen LogP contribution in [0.5, 0.6) is 0 Å². The molecule has 190 valence electrons. The molecule has 1 heterocycles. The molecule has 0 radical (unpaired) electrons. The Hall–Kier alpha value is -0.280. The molecule has 5 fully saturated rings. The Morgan fingerprint density at radius 2 is 1.58 bits per heavy atom. The van der Waals surface area contributed by atoms with Crippen molar-refractivity contribution in [3.05, 3.63) is 0 Å². The van der Waals surface area contributed by atoms with Crippen LogP contribution in [-0.2, 0) is 14.2 Å². The van der Waals surface area contributed by atoms with Crippen molar-refractivity contribution in [2.75, 3.05) is 13.7 Å². The highest BCUT2D eigenvalue weighted by molar-refractivity contribution is 5.10. The van der Waals surface area contributed by atoms with Crippen LogP contribution in [0, 0.1) is 34.5 Å². The molecule has 1 saturated heterocycles. The second kappa shape index (κ2) is 8.99. The van der Waals surface area contributed by atoms with Gasteiger partial charge in [-0.15, -0.1) is 0 Å². The predicted octanol–water partition coefficient (Wildman–Crippen LogP) is 2.23. The fraction of sp³-hybridized carbons (Fsp3) is 1.00. The normalized spacial score (nSPS) is 56.6. The maximum absolute atomic E-state index is 10.4. The first-order chi connectivity index (χ1) is 15.7. The predicted molar refractivity (Wildman–Crippen MR) is 121 cm³/mol. The van der Waals surface area contributed by atoms with Gasteiger partial charge in [-0.1, -0.05) is 13.8 Å². The quantitative estimate of drug-likeness (QED) is 0.469. The van der Waals surface area contributed by atoms with Crippen molar-refractivity contribution in [3.63, 3.8) is 0 Å². The summed E-state index contributed by atoms with van der Waals surface area (Å²) in [7, 11) is 1.89. The number of aliphatic hydroxyl groups is 4. The summed E-state index contributed by atoms with van der Waals surface area (Å²) in [6, 6.07) is 0. The minimum atomic E-state index is -1.39. The Kier molecular flexibility index (Phi) is 6.65. The number of aliphatic hydroxyl groups excluding tert-OH is 4. The first kappa shape index (κ1) is 24.4. The largest absolute Gasteiger partial charge is 0.394 e. The number of methoxy groups -OCH3 is 1. The van der Waals surface area contributed by atoms with E-state index in [1.54, 1.807) is 0 Å². The molecule has 0 aromatic carbocycles. The zero-order valence-corrected chi connectivity index (χ0v) is 20.4. The van der Waals surface area contributed by atoms with Crippen LogP contribution in [0.4, 0.5) is 0 Å². The van der Waals surface area contributed by atoms with Gasteiger partial charge in [-0.2, -0.15) is 0 Å². The highest BCUT2D eigenvalue weighted by Gasteiger charge is 2.60. The molecule has 0 aromatic heterocycles. The summed E-state index contributed by atoms with van der Waals surface area (Å²) >= 11 is 0. The summed E-state index contributed by atoms with van der Waals surface area (Å²) in [5.74, 6) is 2.93. The van der Waals surface area contributed by atoms with E-state index in [-0.39, 0.29) is 6.10 Å². The zero-order chi connectivity index (χ0) is 23.5. The second-order valence-electron chi connectivity index (χ2n) is 12.2. The lowest BCUT2D eigenvalue weighted by Gasteiger charge is -2.61. The first-order valence-corrected chi connectivity index (χ1v) is 13.2. The van der Waals surface area contributed by atoms with Gasteiger partial charge in [0.15, 0.2) is 6.29 Å². The fourth-order valence-electron chi connectivity index (χ4n) is 9.05. The van der Waals surface area contributed by atoms with Crippen LogP contribution in [0.25, 0.3) is 0 Å². The summed E-state index contributed by atoms with van der Waals surface area (Å²) in [4.78, 5) is 0. The van der Waals surface area contributed by atoms with Gasteiger partial charge < -0.3 is 34.6 Å². The highest BCUT2D eigenvalue weighted by Crippen LogP contribution is 2.66. The lowest BCUT2D eigenvalue weighted by atomic mass is 9.45. The van der Waals surface area contributed by atoms with E-state index in [9.17, 15) is 20.4 Å². The van der Waals surface area contributed by atoms with Crippen molar-refractivity contribution in [1.82, 2.24) is 0 Å². The summed E-state index contributed by atoms with van der Waals surface area (Å²) < 4.78 is 17.7. The number of hydrogen-bond donors (Lipinski definition) is 4. The molecule has 4 saturated carbocycles. The Balaban J connectivity index is 1.25. The van der Waals surface area contributed by atoms with E-state index >= 15 is 0 Å². The van der Waals surface area contributed by atoms with Crippen LogP contribution in [-0.4, -0.2) is 77.1 Å². The van der Waals surface area contributed by atoms with Crippen LogP contribution < -0.4 is 0 Å². The zero-order valence-electron chi connectivity index (χ0n) is 20.4. The average molecular weight is 469 g/mol. The van der Waals surface area contributed by atoms with Gasteiger partial charge in [-0.05, 0) is 92.3 Å². The van der Waals surface area contributed by atoms with Crippen LogP contribution in [0.15, 0.2) is 0 Å². The third kappa shape index (κ3) is 3.81. The number of rotatable bonds is 4. The van der Waals surface area contributed by atoms with Crippen LogP contribution >= 0.6 is 0 Å². The molecule has 0 amide bonds. The SMILES string of the molecule is CO[C@H]1CC[C@H]2[C@@H]3CC[C@@H]4C[C@H](O[C@H]5O[C@H](CO)[C@@H](O)[C@H](O)[C@H]5O)CC[C@]4(C)[C@H]3CC[C@]12C. The van der Waals surface area contributed by atoms with Gasteiger partial charge in [0, 0.05) is 7.11 Å². The molecule has 33 heavy (non-hydrogen) atoms. The van der Waals surface area contributed by atoms with E-state index in [0.29, 0.717) is 22.9 Å². The molecular formula is C26H44O7. The van der Waals surface area contributed by atoms with E-state index in [1.165, 1.54) is 38.5 Å². The van der Waals surface area contributed by atoms with Crippen molar-refractivity contribution in [2.24, 2.45) is 34.5 Å². The van der Waals surface area contributed by atoms with Gasteiger partial charge in [-0.3, -0.25) is 0 Å². The molecule has 4 aliphatic carbocycles. The van der Waals surface area contributed by atoms with Crippen LogP contribution in [0.3, 0.4) is 0 Å². The van der Waals surface area contributed by atoms with E-state index < -0.39 is 37.3 Å². The maximum Gasteiger partial charge on any atom is 0.186 e. The molecular weight excluding hydrogens is 424 g/mol. The molecule has 0 spiro atoms. The molecule has 1 aliphatic heterocycles.